The lowest BCUT2D eigenvalue weighted by molar-refractivity contribution is -0.144. The molecule has 3 aromatic rings. The zero-order valence-electron chi connectivity index (χ0n) is 17.9. The van der Waals surface area contributed by atoms with E-state index in [9.17, 15) is 9.59 Å². The van der Waals surface area contributed by atoms with Gasteiger partial charge in [-0.05, 0) is 53.3 Å². The van der Waals surface area contributed by atoms with Crippen molar-refractivity contribution in [3.8, 4) is 0 Å². The van der Waals surface area contributed by atoms with Crippen LogP contribution in [0.15, 0.2) is 52.5 Å². The molecular weight excluding hydrogens is 467 g/mol. The van der Waals surface area contributed by atoms with Crippen LogP contribution in [0.5, 0.6) is 0 Å². The fourth-order valence-electron chi connectivity index (χ4n) is 4.07. The van der Waals surface area contributed by atoms with Crippen molar-refractivity contribution in [1.29, 1.82) is 0 Å². The van der Waals surface area contributed by atoms with E-state index in [-0.39, 0.29) is 36.9 Å². The molecule has 1 aliphatic heterocycles. The van der Waals surface area contributed by atoms with E-state index < -0.39 is 0 Å². The molecule has 3 heterocycles. The summed E-state index contributed by atoms with van der Waals surface area (Å²) in [5.74, 6) is 0.189. The van der Waals surface area contributed by atoms with Crippen LogP contribution >= 0.6 is 34.5 Å². The largest absolute Gasteiger partial charge is 0.467 e. The quantitative estimate of drug-likeness (QED) is 0.438. The maximum Gasteiger partial charge on any atom is 0.243 e. The molecule has 5 nitrogen and oxygen atoms in total. The summed E-state index contributed by atoms with van der Waals surface area (Å²) < 4.78 is 5.43. The Morgan fingerprint density at radius 3 is 2.72 bits per heavy atom. The number of carbonyl (C=O) groups excluding carboxylic acids is 2. The molecule has 32 heavy (non-hydrogen) atoms. The molecule has 0 saturated heterocycles. The van der Waals surface area contributed by atoms with E-state index in [2.05, 4.69) is 6.07 Å². The zero-order chi connectivity index (χ0) is 22.8. The number of carbonyl (C=O) groups is 2. The predicted molar refractivity (Wildman–Crippen MR) is 127 cm³/mol. The van der Waals surface area contributed by atoms with Gasteiger partial charge in [0.1, 0.15) is 12.3 Å². The van der Waals surface area contributed by atoms with E-state index in [0.29, 0.717) is 22.4 Å². The first-order valence-corrected chi connectivity index (χ1v) is 12.1. The molecular formula is C24H24Cl2N2O3S. The number of rotatable bonds is 6. The lowest BCUT2D eigenvalue weighted by atomic mass is 9.93. The molecule has 2 amide bonds. The molecule has 2 aromatic heterocycles. The monoisotopic (exact) mass is 490 g/mol. The average Bonchev–Trinajstić information content (AvgIpc) is 3.44. The van der Waals surface area contributed by atoms with E-state index >= 15 is 0 Å². The van der Waals surface area contributed by atoms with Gasteiger partial charge in [-0.2, -0.15) is 0 Å². The molecule has 0 aliphatic carbocycles. The van der Waals surface area contributed by atoms with Crippen LogP contribution in [0, 0.1) is 5.92 Å². The molecule has 1 atom stereocenters. The Balaban J connectivity index is 1.65. The topological polar surface area (TPSA) is 53.8 Å². The molecule has 0 radical (unpaired) electrons. The minimum atomic E-state index is -0.318. The van der Waals surface area contributed by atoms with Gasteiger partial charge in [0.2, 0.25) is 11.8 Å². The summed E-state index contributed by atoms with van der Waals surface area (Å²) in [6.07, 6.45) is 2.34. The SMILES string of the molecule is CC(C)C(=O)N(CC(=O)N1CCc2sccc2C1c1ccc(Cl)cc1Cl)Cc1ccco1. The lowest BCUT2D eigenvalue weighted by Gasteiger charge is -2.38. The number of benzene rings is 1. The van der Waals surface area contributed by atoms with Crippen LogP contribution < -0.4 is 0 Å². The van der Waals surface area contributed by atoms with Gasteiger partial charge in [0, 0.05) is 27.4 Å². The highest BCUT2D eigenvalue weighted by Crippen LogP contribution is 2.41. The summed E-state index contributed by atoms with van der Waals surface area (Å²) in [5.41, 5.74) is 1.91. The standard InChI is InChI=1S/C24H24Cl2N2O3S/c1-15(2)24(30)27(13-17-4-3-10-31-17)14-22(29)28-9-7-21-19(8-11-32-21)23(28)18-6-5-16(25)12-20(18)26/h3-6,8,10-12,15,23H,7,9,13-14H2,1-2H3. The van der Waals surface area contributed by atoms with Crippen LogP contribution in [0.3, 0.4) is 0 Å². The molecule has 0 spiro atoms. The van der Waals surface area contributed by atoms with Crippen molar-refractivity contribution >= 4 is 46.4 Å². The van der Waals surface area contributed by atoms with Crippen molar-refractivity contribution in [3.05, 3.63) is 79.9 Å². The molecule has 0 fully saturated rings. The van der Waals surface area contributed by atoms with Gasteiger partial charge in [0.05, 0.1) is 18.8 Å². The molecule has 4 rings (SSSR count). The van der Waals surface area contributed by atoms with Crippen molar-refractivity contribution < 1.29 is 14.0 Å². The van der Waals surface area contributed by atoms with Crippen molar-refractivity contribution in [2.75, 3.05) is 13.1 Å². The number of furan rings is 1. The van der Waals surface area contributed by atoms with Crippen LogP contribution in [0.2, 0.25) is 10.0 Å². The van der Waals surface area contributed by atoms with Gasteiger partial charge in [-0.25, -0.2) is 0 Å². The maximum atomic E-state index is 13.6. The van der Waals surface area contributed by atoms with Gasteiger partial charge in [0.25, 0.3) is 0 Å². The van der Waals surface area contributed by atoms with Gasteiger partial charge in [-0.15, -0.1) is 11.3 Å². The molecule has 0 N–H and O–H groups in total. The van der Waals surface area contributed by atoms with E-state index in [1.807, 2.05) is 30.2 Å². The van der Waals surface area contributed by atoms with Gasteiger partial charge < -0.3 is 14.2 Å². The van der Waals surface area contributed by atoms with Gasteiger partial charge in [0.15, 0.2) is 0 Å². The third kappa shape index (κ3) is 4.72. The second-order valence-corrected chi connectivity index (χ2v) is 9.98. The number of fused-ring (bicyclic) bond motifs is 1. The number of hydrogen-bond acceptors (Lipinski definition) is 4. The first-order valence-electron chi connectivity index (χ1n) is 10.5. The van der Waals surface area contributed by atoms with Crippen molar-refractivity contribution in [3.63, 3.8) is 0 Å². The molecule has 1 unspecified atom stereocenters. The molecule has 1 aliphatic rings. The minimum absolute atomic E-state index is 0.0289. The highest BCUT2D eigenvalue weighted by molar-refractivity contribution is 7.10. The van der Waals surface area contributed by atoms with Gasteiger partial charge in [-0.1, -0.05) is 43.1 Å². The summed E-state index contributed by atoms with van der Waals surface area (Å²) in [6, 6.07) is 10.7. The van der Waals surface area contributed by atoms with Crippen LogP contribution in [0.25, 0.3) is 0 Å². The van der Waals surface area contributed by atoms with Crippen LogP contribution in [-0.2, 0) is 22.6 Å². The summed E-state index contributed by atoms with van der Waals surface area (Å²) in [6.45, 7) is 4.44. The Hall–Kier alpha value is -2.28. The zero-order valence-corrected chi connectivity index (χ0v) is 20.2. The smallest absolute Gasteiger partial charge is 0.243 e. The summed E-state index contributed by atoms with van der Waals surface area (Å²) >= 11 is 14.4. The number of hydrogen-bond donors (Lipinski definition) is 0. The van der Waals surface area contributed by atoms with Crippen molar-refractivity contribution in [1.82, 2.24) is 9.80 Å². The van der Waals surface area contributed by atoms with Crippen LogP contribution in [0.1, 0.15) is 41.7 Å². The molecule has 8 heteroatoms. The van der Waals surface area contributed by atoms with E-state index in [1.54, 1.807) is 46.8 Å². The van der Waals surface area contributed by atoms with E-state index in [4.69, 9.17) is 27.6 Å². The predicted octanol–water partition coefficient (Wildman–Crippen LogP) is 5.81. The fourth-order valence-corrected chi connectivity index (χ4v) is 5.48. The number of nitrogens with zero attached hydrogens (tertiary/aromatic N) is 2. The molecule has 0 bridgehead atoms. The second-order valence-electron chi connectivity index (χ2n) is 8.13. The molecule has 1 aromatic carbocycles. The minimum Gasteiger partial charge on any atom is -0.467 e. The van der Waals surface area contributed by atoms with E-state index in [0.717, 1.165) is 17.5 Å². The third-order valence-electron chi connectivity index (χ3n) is 5.60. The third-order valence-corrected chi connectivity index (χ3v) is 7.16. The van der Waals surface area contributed by atoms with E-state index in [1.165, 1.54) is 4.88 Å². The van der Waals surface area contributed by atoms with Crippen LogP contribution in [0.4, 0.5) is 0 Å². The Labute approximate surface area is 201 Å². The van der Waals surface area contributed by atoms with Gasteiger partial charge in [-0.3, -0.25) is 9.59 Å². The highest BCUT2D eigenvalue weighted by Gasteiger charge is 2.35. The van der Waals surface area contributed by atoms with Crippen LogP contribution in [-0.4, -0.2) is 34.7 Å². The number of amides is 2. The first-order chi connectivity index (χ1) is 15.3. The number of halogens is 2. The Bertz CT molecular complexity index is 1110. The summed E-state index contributed by atoms with van der Waals surface area (Å²) in [7, 11) is 0. The van der Waals surface area contributed by atoms with Crippen molar-refractivity contribution in [2.24, 2.45) is 5.92 Å². The first kappa shape index (κ1) is 22.9. The fraction of sp³-hybridized carbons (Fsp3) is 0.333. The average molecular weight is 491 g/mol. The lowest BCUT2D eigenvalue weighted by Crippen LogP contribution is -2.47. The Morgan fingerprint density at radius 2 is 2.03 bits per heavy atom. The van der Waals surface area contributed by atoms with Crippen molar-refractivity contribution in [2.45, 2.75) is 32.9 Å². The number of thiophene rings is 1. The summed E-state index contributed by atoms with van der Waals surface area (Å²) in [5, 5.41) is 3.11. The normalized spacial score (nSPS) is 15.7. The van der Waals surface area contributed by atoms with Gasteiger partial charge >= 0.3 is 0 Å². The second kappa shape index (κ2) is 9.69. The Morgan fingerprint density at radius 1 is 1.22 bits per heavy atom. The highest BCUT2D eigenvalue weighted by atomic mass is 35.5. The summed E-state index contributed by atoms with van der Waals surface area (Å²) in [4.78, 5) is 31.1. The maximum absolute atomic E-state index is 13.6. The Kier molecular flexibility index (Phi) is 6.93. The molecule has 0 saturated carbocycles. The molecule has 168 valence electrons.